The van der Waals surface area contributed by atoms with Gasteiger partial charge in [0.1, 0.15) is 18.1 Å². The normalized spacial score (nSPS) is 15.8. The molecule has 0 rings (SSSR count). The Hall–Kier alpha value is -2.34. The molecular weight excluding hydrogens is 426 g/mol. The van der Waals surface area contributed by atoms with E-state index in [0.29, 0.717) is 6.42 Å². The van der Waals surface area contributed by atoms with Gasteiger partial charge >= 0.3 is 5.97 Å². The fourth-order valence-electron chi connectivity index (χ4n) is 2.68. The Morgan fingerprint density at radius 2 is 1.48 bits per heavy atom. The Kier molecular flexibility index (Phi) is 12.8. The second kappa shape index (κ2) is 13.9. The molecule has 5 atom stereocenters. The van der Waals surface area contributed by atoms with Crippen LogP contribution < -0.4 is 27.4 Å². The SMILES string of the molecule is CCC(C)C(NC(=O)C(CC(N)=O)NC(=O)C(N)CS)C(=O)NC(CC(C)C)C(=O)O. The molecule has 0 radical (unpaired) electrons. The van der Waals surface area contributed by atoms with Crippen LogP contribution in [0.2, 0.25) is 0 Å². The minimum absolute atomic E-state index is 0.0150. The standard InChI is InChI=1S/C19H35N5O6S/c1-5-10(4)15(18(28)23-13(19(29)30)6-9(2)3)24-17(27)12(7-14(21)25)22-16(26)11(20)8-31/h9-13,15,31H,5-8,20H2,1-4H3,(H2,21,25)(H,22,26)(H,23,28)(H,24,27)(H,29,30). The third-order valence-electron chi connectivity index (χ3n) is 4.69. The quantitative estimate of drug-likeness (QED) is 0.157. The van der Waals surface area contributed by atoms with Gasteiger partial charge in [-0.2, -0.15) is 12.6 Å². The molecule has 0 saturated carbocycles. The summed E-state index contributed by atoms with van der Waals surface area (Å²) in [5.74, 6) is -4.54. The molecule has 0 bridgehead atoms. The van der Waals surface area contributed by atoms with Crippen molar-refractivity contribution in [2.45, 2.75) is 71.1 Å². The highest BCUT2D eigenvalue weighted by Crippen LogP contribution is 2.11. The summed E-state index contributed by atoms with van der Waals surface area (Å²) in [5.41, 5.74) is 10.8. The lowest BCUT2D eigenvalue weighted by atomic mass is 9.96. The van der Waals surface area contributed by atoms with Gasteiger partial charge in [-0.15, -0.1) is 0 Å². The van der Waals surface area contributed by atoms with Gasteiger partial charge in [0.25, 0.3) is 0 Å². The molecule has 8 N–H and O–H groups in total. The number of nitrogens with two attached hydrogens (primary N) is 2. The summed E-state index contributed by atoms with van der Waals surface area (Å²) in [5, 5.41) is 16.7. The number of hydrogen-bond donors (Lipinski definition) is 7. The lowest BCUT2D eigenvalue weighted by Gasteiger charge is -2.28. The van der Waals surface area contributed by atoms with Gasteiger partial charge in [-0.05, 0) is 18.3 Å². The summed E-state index contributed by atoms with van der Waals surface area (Å²) >= 11 is 3.91. The van der Waals surface area contributed by atoms with Gasteiger partial charge in [0.2, 0.25) is 23.6 Å². The number of amides is 4. The molecular formula is C19H35N5O6S. The van der Waals surface area contributed by atoms with Crippen molar-refractivity contribution in [1.82, 2.24) is 16.0 Å². The number of aliphatic carboxylic acids is 1. The van der Waals surface area contributed by atoms with Crippen molar-refractivity contribution < 1.29 is 29.1 Å². The Bertz CT molecular complexity index is 660. The Balaban J connectivity index is 5.54. The van der Waals surface area contributed by atoms with E-state index in [9.17, 15) is 29.1 Å². The van der Waals surface area contributed by atoms with Gasteiger partial charge in [-0.25, -0.2) is 4.79 Å². The van der Waals surface area contributed by atoms with E-state index in [0.717, 1.165) is 0 Å². The number of carbonyl (C=O) groups is 5. The molecule has 0 fully saturated rings. The van der Waals surface area contributed by atoms with E-state index in [1.54, 1.807) is 13.8 Å². The van der Waals surface area contributed by atoms with Crippen LogP contribution in [0.15, 0.2) is 0 Å². The average molecular weight is 462 g/mol. The third kappa shape index (κ3) is 10.5. The van der Waals surface area contributed by atoms with Crippen molar-refractivity contribution in [2.24, 2.45) is 23.3 Å². The van der Waals surface area contributed by atoms with Crippen LogP contribution in [0.3, 0.4) is 0 Å². The molecule has 0 aliphatic heterocycles. The molecule has 0 heterocycles. The lowest BCUT2D eigenvalue weighted by molar-refractivity contribution is -0.143. The summed E-state index contributed by atoms with van der Waals surface area (Å²) in [6, 6.07) is -4.56. The number of rotatable bonds is 14. The first-order valence-corrected chi connectivity index (χ1v) is 10.8. The van der Waals surface area contributed by atoms with Crippen molar-refractivity contribution >= 4 is 42.2 Å². The summed E-state index contributed by atoms with van der Waals surface area (Å²) in [6.07, 6.45) is 0.207. The molecule has 0 spiro atoms. The largest absolute Gasteiger partial charge is 0.480 e. The Morgan fingerprint density at radius 1 is 0.935 bits per heavy atom. The predicted molar refractivity (Wildman–Crippen MR) is 118 cm³/mol. The molecule has 0 aliphatic carbocycles. The van der Waals surface area contributed by atoms with Crippen LogP contribution >= 0.6 is 12.6 Å². The highest BCUT2D eigenvalue weighted by molar-refractivity contribution is 7.80. The molecule has 0 aromatic carbocycles. The van der Waals surface area contributed by atoms with E-state index in [1.165, 1.54) is 0 Å². The molecule has 4 amide bonds. The van der Waals surface area contributed by atoms with Crippen LogP contribution in [0.4, 0.5) is 0 Å². The fourth-order valence-corrected chi connectivity index (χ4v) is 2.85. The van der Waals surface area contributed by atoms with Crippen LogP contribution in [0.1, 0.15) is 47.0 Å². The number of nitrogens with one attached hydrogen (secondary N) is 3. The molecule has 0 saturated heterocycles. The monoisotopic (exact) mass is 461 g/mol. The molecule has 5 unspecified atom stereocenters. The van der Waals surface area contributed by atoms with E-state index in [1.807, 2.05) is 13.8 Å². The smallest absolute Gasteiger partial charge is 0.326 e. The van der Waals surface area contributed by atoms with Crippen molar-refractivity contribution in [3.8, 4) is 0 Å². The average Bonchev–Trinajstić information content (AvgIpc) is 2.68. The zero-order valence-electron chi connectivity index (χ0n) is 18.4. The van der Waals surface area contributed by atoms with Crippen LogP contribution in [-0.2, 0) is 24.0 Å². The number of carboxylic acids is 1. The molecule has 12 heteroatoms. The number of primary amides is 1. The maximum atomic E-state index is 12.8. The first-order valence-electron chi connectivity index (χ1n) is 10.1. The molecule has 178 valence electrons. The van der Waals surface area contributed by atoms with Gasteiger partial charge in [0.05, 0.1) is 12.5 Å². The lowest BCUT2D eigenvalue weighted by Crippen LogP contribution is -2.59. The van der Waals surface area contributed by atoms with E-state index < -0.39 is 60.2 Å². The summed E-state index contributed by atoms with van der Waals surface area (Å²) in [7, 11) is 0. The third-order valence-corrected chi connectivity index (χ3v) is 5.08. The molecule has 31 heavy (non-hydrogen) atoms. The molecule has 0 aromatic heterocycles. The number of carboxylic acid groups (broad SMARTS) is 1. The minimum Gasteiger partial charge on any atom is -0.480 e. The maximum absolute atomic E-state index is 12.8. The Morgan fingerprint density at radius 3 is 1.90 bits per heavy atom. The van der Waals surface area contributed by atoms with E-state index in [2.05, 4.69) is 28.6 Å². The second-order valence-corrected chi connectivity index (χ2v) is 8.29. The highest BCUT2D eigenvalue weighted by atomic mass is 32.1. The van der Waals surface area contributed by atoms with Gasteiger partial charge < -0.3 is 32.5 Å². The van der Waals surface area contributed by atoms with Gasteiger partial charge in [-0.3, -0.25) is 19.2 Å². The zero-order chi connectivity index (χ0) is 24.3. The number of thiol groups is 1. The maximum Gasteiger partial charge on any atom is 0.326 e. The topological polar surface area (TPSA) is 194 Å². The van der Waals surface area contributed by atoms with Crippen LogP contribution in [0, 0.1) is 11.8 Å². The van der Waals surface area contributed by atoms with Crippen molar-refractivity contribution in [2.75, 3.05) is 5.75 Å². The molecule has 11 nitrogen and oxygen atoms in total. The summed E-state index contributed by atoms with van der Waals surface area (Å²) < 4.78 is 0. The van der Waals surface area contributed by atoms with Crippen molar-refractivity contribution in [3.05, 3.63) is 0 Å². The van der Waals surface area contributed by atoms with Crippen LogP contribution in [-0.4, -0.2) is 64.6 Å². The minimum atomic E-state index is -1.35. The second-order valence-electron chi connectivity index (χ2n) is 7.92. The summed E-state index contributed by atoms with van der Waals surface area (Å²) in [4.78, 5) is 60.5. The first-order chi connectivity index (χ1) is 14.3. The van der Waals surface area contributed by atoms with E-state index >= 15 is 0 Å². The number of carbonyl (C=O) groups excluding carboxylic acids is 4. The molecule has 0 aliphatic rings. The van der Waals surface area contributed by atoms with Crippen LogP contribution in [0.5, 0.6) is 0 Å². The number of hydrogen-bond acceptors (Lipinski definition) is 7. The zero-order valence-corrected chi connectivity index (χ0v) is 19.3. The summed E-state index contributed by atoms with van der Waals surface area (Å²) in [6.45, 7) is 7.15. The van der Waals surface area contributed by atoms with Crippen LogP contribution in [0.25, 0.3) is 0 Å². The predicted octanol–water partition coefficient (Wildman–Crippen LogP) is -1.25. The van der Waals surface area contributed by atoms with Gasteiger partial charge in [-0.1, -0.05) is 34.1 Å². The van der Waals surface area contributed by atoms with E-state index in [-0.39, 0.29) is 24.0 Å². The first kappa shape index (κ1) is 28.7. The van der Waals surface area contributed by atoms with E-state index in [4.69, 9.17) is 11.5 Å². The van der Waals surface area contributed by atoms with Gasteiger partial charge in [0.15, 0.2) is 0 Å². The molecule has 0 aromatic rings. The fraction of sp³-hybridized carbons (Fsp3) is 0.737. The van der Waals surface area contributed by atoms with Crippen molar-refractivity contribution in [3.63, 3.8) is 0 Å². The van der Waals surface area contributed by atoms with Gasteiger partial charge in [0, 0.05) is 5.75 Å². The van der Waals surface area contributed by atoms with Crippen molar-refractivity contribution in [1.29, 1.82) is 0 Å². The highest BCUT2D eigenvalue weighted by Gasteiger charge is 2.33. The Labute approximate surface area is 187 Å².